The Balaban J connectivity index is 1.56. The number of ether oxygens (including phenoxy) is 3. The highest BCUT2D eigenvalue weighted by atomic mass is 16.5. The smallest absolute Gasteiger partial charge is 0.338 e. The van der Waals surface area contributed by atoms with E-state index in [1.807, 2.05) is 6.07 Å². The van der Waals surface area contributed by atoms with E-state index in [9.17, 15) is 4.79 Å². The first-order valence-electron chi connectivity index (χ1n) is 6.84. The first-order chi connectivity index (χ1) is 9.53. The Morgan fingerprint density at radius 3 is 3.05 bits per heavy atom. The minimum Gasteiger partial charge on any atom is -0.492 e. The molecule has 0 bridgehead atoms. The summed E-state index contributed by atoms with van der Waals surface area (Å²) in [6.45, 7) is 6.46. The molecule has 1 aromatic carbocycles. The van der Waals surface area contributed by atoms with Crippen LogP contribution in [-0.4, -0.2) is 37.4 Å². The third kappa shape index (κ3) is 2.78. The number of cyclic esters (lactones) is 1. The second-order valence-corrected chi connectivity index (χ2v) is 5.85. The quantitative estimate of drug-likeness (QED) is 0.849. The van der Waals surface area contributed by atoms with Gasteiger partial charge in [0, 0.05) is 12.1 Å². The topological polar surface area (TPSA) is 56.8 Å². The Morgan fingerprint density at radius 2 is 2.30 bits per heavy atom. The number of carbonyl (C=O) groups excluding carboxylic acids is 1. The summed E-state index contributed by atoms with van der Waals surface area (Å²) in [5.74, 6) is 0.504. The lowest BCUT2D eigenvalue weighted by molar-refractivity contribution is -0.0640. The number of nitrogens with one attached hydrogen (secondary N) is 1. The summed E-state index contributed by atoms with van der Waals surface area (Å²) in [5.41, 5.74) is 1.42. The third-order valence-corrected chi connectivity index (χ3v) is 3.60. The highest BCUT2D eigenvalue weighted by Gasteiger charge is 2.27. The first kappa shape index (κ1) is 13.4. The number of rotatable bonds is 3. The summed E-state index contributed by atoms with van der Waals surface area (Å²) >= 11 is 0. The van der Waals surface area contributed by atoms with Gasteiger partial charge in [0.15, 0.2) is 0 Å². The van der Waals surface area contributed by atoms with Crippen LogP contribution in [0, 0.1) is 0 Å². The first-order valence-corrected chi connectivity index (χ1v) is 6.84. The van der Waals surface area contributed by atoms with Gasteiger partial charge in [-0.25, -0.2) is 4.79 Å². The molecule has 0 aromatic heterocycles. The molecule has 108 valence electrons. The summed E-state index contributed by atoms with van der Waals surface area (Å²) in [4.78, 5) is 11.4. The van der Waals surface area contributed by atoms with Crippen molar-refractivity contribution in [3.8, 4) is 5.75 Å². The molecule has 5 heteroatoms. The molecule has 5 nitrogen and oxygen atoms in total. The zero-order valence-electron chi connectivity index (χ0n) is 11.8. The zero-order chi connectivity index (χ0) is 14.2. The molecule has 0 unspecified atom stereocenters. The molecule has 0 amide bonds. The van der Waals surface area contributed by atoms with Crippen molar-refractivity contribution in [1.29, 1.82) is 0 Å². The van der Waals surface area contributed by atoms with Gasteiger partial charge in [-0.1, -0.05) is 0 Å². The Kier molecular flexibility index (Phi) is 3.40. The fourth-order valence-electron chi connectivity index (χ4n) is 2.33. The minimum absolute atomic E-state index is 0.109. The van der Waals surface area contributed by atoms with Gasteiger partial charge in [-0.3, -0.25) is 0 Å². The molecular formula is C15H19NO4. The van der Waals surface area contributed by atoms with E-state index in [1.54, 1.807) is 12.1 Å². The lowest BCUT2D eigenvalue weighted by atomic mass is 10.1. The number of benzene rings is 1. The van der Waals surface area contributed by atoms with Crippen LogP contribution in [0.3, 0.4) is 0 Å². The van der Waals surface area contributed by atoms with Gasteiger partial charge in [0.05, 0.1) is 23.8 Å². The van der Waals surface area contributed by atoms with Gasteiger partial charge in [-0.2, -0.15) is 0 Å². The minimum atomic E-state index is -0.254. The molecule has 0 saturated carbocycles. The summed E-state index contributed by atoms with van der Waals surface area (Å²) < 4.78 is 16.5. The lowest BCUT2D eigenvalue weighted by Gasteiger charge is -2.35. The van der Waals surface area contributed by atoms with Crippen LogP contribution in [0.1, 0.15) is 29.8 Å². The van der Waals surface area contributed by atoms with Crippen molar-refractivity contribution in [2.75, 3.05) is 19.8 Å². The Bertz CT molecular complexity index is 517. The van der Waals surface area contributed by atoms with Crippen molar-refractivity contribution in [2.24, 2.45) is 0 Å². The predicted octanol–water partition coefficient (Wildman–Crippen LogP) is 1.50. The van der Waals surface area contributed by atoms with Gasteiger partial charge >= 0.3 is 5.97 Å². The molecule has 0 spiro atoms. The molecule has 2 heterocycles. The van der Waals surface area contributed by atoms with Crippen LogP contribution >= 0.6 is 0 Å². The molecular weight excluding hydrogens is 258 g/mol. The van der Waals surface area contributed by atoms with Gasteiger partial charge in [0.1, 0.15) is 19.0 Å². The van der Waals surface area contributed by atoms with Crippen LogP contribution in [0.5, 0.6) is 5.75 Å². The maximum Gasteiger partial charge on any atom is 0.338 e. The van der Waals surface area contributed by atoms with Crippen LogP contribution in [-0.2, 0) is 16.1 Å². The van der Waals surface area contributed by atoms with Crippen LogP contribution in [0.15, 0.2) is 18.2 Å². The molecule has 1 atom stereocenters. The molecule has 1 N–H and O–H groups in total. The van der Waals surface area contributed by atoms with E-state index in [1.165, 1.54) is 0 Å². The Morgan fingerprint density at radius 1 is 1.45 bits per heavy atom. The highest BCUT2D eigenvalue weighted by Crippen LogP contribution is 2.24. The second kappa shape index (κ2) is 5.07. The van der Waals surface area contributed by atoms with E-state index in [4.69, 9.17) is 14.2 Å². The highest BCUT2D eigenvalue weighted by molar-refractivity contribution is 5.93. The molecule has 3 rings (SSSR count). The average Bonchev–Trinajstić information content (AvgIpc) is 2.79. The van der Waals surface area contributed by atoms with E-state index in [0.29, 0.717) is 25.4 Å². The number of morpholine rings is 1. The van der Waals surface area contributed by atoms with Crippen molar-refractivity contribution in [3.63, 3.8) is 0 Å². The lowest BCUT2D eigenvalue weighted by Crippen LogP contribution is -2.53. The molecule has 0 radical (unpaired) electrons. The van der Waals surface area contributed by atoms with E-state index in [-0.39, 0.29) is 17.6 Å². The van der Waals surface area contributed by atoms with Gasteiger partial charge in [0.25, 0.3) is 0 Å². The molecule has 0 aliphatic carbocycles. The SMILES string of the molecule is CC1(C)CN[C@H](COc2ccc3c(c2)COC3=O)CO1. The van der Waals surface area contributed by atoms with Gasteiger partial charge < -0.3 is 19.5 Å². The van der Waals surface area contributed by atoms with E-state index in [2.05, 4.69) is 19.2 Å². The van der Waals surface area contributed by atoms with E-state index < -0.39 is 0 Å². The largest absolute Gasteiger partial charge is 0.492 e. The molecule has 20 heavy (non-hydrogen) atoms. The number of hydrogen-bond donors (Lipinski definition) is 1. The molecule has 1 saturated heterocycles. The summed E-state index contributed by atoms with van der Waals surface area (Å²) in [7, 11) is 0. The average molecular weight is 277 g/mol. The van der Waals surface area contributed by atoms with Crippen LogP contribution in [0.25, 0.3) is 0 Å². The maximum atomic E-state index is 11.4. The molecule has 1 fully saturated rings. The predicted molar refractivity (Wildman–Crippen MR) is 72.9 cm³/mol. The van der Waals surface area contributed by atoms with Gasteiger partial charge in [0.2, 0.25) is 0 Å². The van der Waals surface area contributed by atoms with Crippen molar-refractivity contribution >= 4 is 5.97 Å². The van der Waals surface area contributed by atoms with Crippen LogP contribution < -0.4 is 10.1 Å². The summed E-state index contributed by atoms with van der Waals surface area (Å²) in [5, 5.41) is 3.41. The monoisotopic (exact) mass is 277 g/mol. The number of carbonyl (C=O) groups is 1. The molecule has 2 aliphatic rings. The van der Waals surface area contributed by atoms with E-state index >= 15 is 0 Å². The standard InChI is InChI=1S/C15H19NO4/c1-15(2)9-16-11(8-20-15)7-18-12-3-4-13-10(5-12)6-19-14(13)17/h3-5,11,16H,6-9H2,1-2H3/t11-/m1/s1. The molecule has 2 aliphatic heterocycles. The van der Waals surface area contributed by atoms with Crippen molar-refractivity contribution in [2.45, 2.75) is 32.1 Å². The van der Waals surface area contributed by atoms with Crippen LogP contribution in [0.4, 0.5) is 0 Å². The zero-order valence-corrected chi connectivity index (χ0v) is 11.8. The maximum absolute atomic E-state index is 11.4. The number of hydrogen-bond acceptors (Lipinski definition) is 5. The van der Waals surface area contributed by atoms with Crippen molar-refractivity contribution in [1.82, 2.24) is 5.32 Å². The fraction of sp³-hybridized carbons (Fsp3) is 0.533. The summed E-state index contributed by atoms with van der Waals surface area (Å²) in [6.07, 6.45) is 0. The van der Waals surface area contributed by atoms with Gasteiger partial charge in [-0.15, -0.1) is 0 Å². The van der Waals surface area contributed by atoms with Crippen molar-refractivity contribution in [3.05, 3.63) is 29.3 Å². The van der Waals surface area contributed by atoms with Crippen molar-refractivity contribution < 1.29 is 19.0 Å². The Hall–Kier alpha value is -1.59. The van der Waals surface area contributed by atoms with Crippen LogP contribution in [0.2, 0.25) is 0 Å². The molecule has 1 aromatic rings. The third-order valence-electron chi connectivity index (χ3n) is 3.60. The van der Waals surface area contributed by atoms with Gasteiger partial charge in [-0.05, 0) is 32.0 Å². The summed E-state index contributed by atoms with van der Waals surface area (Å²) in [6, 6.07) is 5.62. The van der Waals surface area contributed by atoms with E-state index in [0.717, 1.165) is 17.9 Å². The number of fused-ring (bicyclic) bond motifs is 1. The fourth-order valence-corrected chi connectivity index (χ4v) is 2.33. The normalized spacial score (nSPS) is 24.1. The second-order valence-electron chi connectivity index (χ2n) is 5.85. The Labute approximate surface area is 118 Å². The number of esters is 1.